The van der Waals surface area contributed by atoms with Gasteiger partial charge < -0.3 is 9.84 Å². The maximum atomic E-state index is 10.8. The lowest BCUT2D eigenvalue weighted by Gasteiger charge is -2.16. The minimum Gasteiger partial charge on any atom is -0.487 e. The molecule has 2 atom stereocenters. The number of rotatable bonds is 5. The maximum Gasteiger partial charge on any atom is 0.310 e. The Hall–Kier alpha value is -1.62. The van der Waals surface area contributed by atoms with Crippen molar-refractivity contribution in [1.29, 1.82) is 0 Å². The molecule has 0 amide bonds. The van der Waals surface area contributed by atoms with E-state index in [0.717, 1.165) is 5.56 Å². The van der Waals surface area contributed by atoms with E-state index in [4.69, 9.17) is 4.74 Å². The van der Waals surface area contributed by atoms with Crippen molar-refractivity contribution >= 4 is 5.69 Å². The van der Waals surface area contributed by atoms with Gasteiger partial charge in [-0.25, -0.2) is 0 Å². The molecule has 0 bridgehead atoms. The predicted octanol–water partition coefficient (Wildman–Crippen LogP) is 2.48. The summed E-state index contributed by atoms with van der Waals surface area (Å²) >= 11 is 0. The van der Waals surface area contributed by atoms with Gasteiger partial charge >= 0.3 is 5.69 Å². The number of nitrogens with zero attached hydrogens (tertiary/aromatic N) is 1. The summed E-state index contributed by atoms with van der Waals surface area (Å²) in [7, 11) is 0. The van der Waals surface area contributed by atoms with Crippen molar-refractivity contribution in [3.63, 3.8) is 0 Å². The fourth-order valence-corrected chi connectivity index (χ4v) is 1.51. The Balaban J connectivity index is 3.13. The van der Waals surface area contributed by atoms with Crippen molar-refractivity contribution in [2.75, 3.05) is 6.61 Å². The topological polar surface area (TPSA) is 72.6 Å². The van der Waals surface area contributed by atoms with Crippen LogP contribution in [0.2, 0.25) is 0 Å². The predicted molar refractivity (Wildman–Crippen MR) is 64.4 cm³/mol. The molecule has 2 unspecified atom stereocenters. The van der Waals surface area contributed by atoms with Gasteiger partial charge in [0.15, 0.2) is 5.75 Å². The van der Waals surface area contributed by atoms with Crippen LogP contribution in [-0.2, 0) is 0 Å². The third-order valence-electron chi connectivity index (χ3n) is 2.73. The molecule has 94 valence electrons. The number of aliphatic hydroxyl groups excluding tert-OH is 1. The number of nitro groups is 1. The van der Waals surface area contributed by atoms with E-state index in [1.165, 1.54) is 6.07 Å². The van der Waals surface area contributed by atoms with Crippen molar-refractivity contribution in [2.24, 2.45) is 0 Å². The van der Waals surface area contributed by atoms with Crippen molar-refractivity contribution < 1.29 is 14.8 Å². The second-order valence-corrected chi connectivity index (χ2v) is 3.95. The van der Waals surface area contributed by atoms with Crippen LogP contribution in [0.25, 0.3) is 0 Å². The van der Waals surface area contributed by atoms with Gasteiger partial charge in [-0.05, 0) is 25.5 Å². The first-order chi connectivity index (χ1) is 7.97. The first-order valence-corrected chi connectivity index (χ1v) is 5.56. The number of hydrogen-bond acceptors (Lipinski definition) is 4. The molecule has 0 spiro atoms. The molecule has 1 rings (SSSR count). The highest BCUT2D eigenvalue weighted by Gasteiger charge is 2.19. The Labute approximate surface area is 100 Å². The third-order valence-corrected chi connectivity index (χ3v) is 2.73. The van der Waals surface area contributed by atoms with E-state index in [2.05, 4.69) is 0 Å². The van der Waals surface area contributed by atoms with Crippen molar-refractivity contribution in [2.45, 2.75) is 32.8 Å². The number of benzene rings is 1. The van der Waals surface area contributed by atoms with Crippen LogP contribution in [0.5, 0.6) is 5.75 Å². The van der Waals surface area contributed by atoms with Gasteiger partial charge in [0, 0.05) is 12.0 Å². The lowest BCUT2D eigenvalue weighted by atomic mass is 9.96. The zero-order chi connectivity index (χ0) is 13.0. The summed E-state index contributed by atoms with van der Waals surface area (Å²) in [6.45, 7) is 5.69. The summed E-state index contributed by atoms with van der Waals surface area (Å²) in [5.74, 6) is 0.164. The van der Waals surface area contributed by atoms with Crippen molar-refractivity contribution in [1.82, 2.24) is 0 Å². The molecule has 0 saturated heterocycles. The molecular weight excluding hydrogens is 222 g/mol. The van der Waals surface area contributed by atoms with Crippen molar-refractivity contribution in [3.05, 3.63) is 33.9 Å². The number of ether oxygens (including phenoxy) is 1. The van der Waals surface area contributed by atoms with Crippen LogP contribution < -0.4 is 4.74 Å². The molecule has 0 aliphatic rings. The van der Waals surface area contributed by atoms with Crippen LogP contribution in [0.1, 0.15) is 32.3 Å². The van der Waals surface area contributed by atoms with Crippen LogP contribution >= 0.6 is 0 Å². The summed E-state index contributed by atoms with van der Waals surface area (Å²) in [6.07, 6.45) is -0.508. The lowest BCUT2D eigenvalue weighted by Crippen LogP contribution is -2.11. The molecular formula is C12H17NO4. The number of hydrogen-bond donors (Lipinski definition) is 1. The van der Waals surface area contributed by atoms with E-state index in [-0.39, 0.29) is 17.4 Å². The normalized spacial score (nSPS) is 14.1. The highest BCUT2D eigenvalue weighted by molar-refractivity contribution is 5.49. The first kappa shape index (κ1) is 13.4. The summed E-state index contributed by atoms with van der Waals surface area (Å²) in [4.78, 5) is 10.3. The quantitative estimate of drug-likeness (QED) is 0.632. The smallest absolute Gasteiger partial charge is 0.310 e. The second kappa shape index (κ2) is 5.63. The Bertz CT molecular complexity index is 403. The van der Waals surface area contributed by atoms with Crippen LogP contribution in [0.3, 0.4) is 0 Å². The fraction of sp³-hybridized carbons (Fsp3) is 0.500. The third kappa shape index (κ3) is 3.17. The molecule has 0 saturated carbocycles. The standard InChI is InChI=1S/C12H17NO4/c1-4-17-12-7-10(8(2)9(3)14)5-6-11(12)13(15)16/h5-9,14H,4H2,1-3H3. The zero-order valence-corrected chi connectivity index (χ0v) is 10.2. The largest absolute Gasteiger partial charge is 0.487 e. The van der Waals surface area contributed by atoms with E-state index >= 15 is 0 Å². The average molecular weight is 239 g/mol. The Morgan fingerprint density at radius 3 is 2.59 bits per heavy atom. The van der Waals surface area contributed by atoms with Gasteiger partial charge in [0.25, 0.3) is 0 Å². The van der Waals surface area contributed by atoms with Crippen molar-refractivity contribution in [3.8, 4) is 5.75 Å². The Morgan fingerprint density at radius 1 is 1.47 bits per heavy atom. The number of nitro benzene ring substituents is 1. The van der Waals surface area contributed by atoms with Gasteiger partial charge in [-0.2, -0.15) is 0 Å². The molecule has 1 aromatic carbocycles. The Kier molecular flexibility index (Phi) is 4.45. The molecule has 1 N–H and O–H groups in total. The van der Waals surface area contributed by atoms with Gasteiger partial charge in [-0.15, -0.1) is 0 Å². The highest BCUT2D eigenvalue weighted by atomic mass is 16.6. The molecule has 0 heterocycles. The van der Waals surface area contributed by atoms with Gasteiger partial charge in [-0.1, -0.05) is 13.0 Å². The van der Waals surface area contributed by atoms with E-state index in [1.54, 1.807) is 26.0 Å². The molecule has 5 nitrogen and oxygen atoms in total. The first-order valence-electron chi connectivity index (χ1n) is 5.56. The van der Waals surface area contributed by atoms with Crippen LogP contribution in [0, 0.1) is 10.1 Å². The van der Waals surface area contributed by atoms with Gasteiger partial charge in [0.2, 0.25) is 0 Å². The molecule has 0 aliphatic heterocycles. The summed E-state index contributed by atoms with van der Waals surface area (Å²) in [5.41, 5.74) is 0.780. The second-order valence-electron chi connectivity index (χ2n) is 3.95. The summed E-state index contributed by atoms with van der Waals surface area (Å²) in [5, 5.41) is 20.3. The Morgan fingerprint density at radius 2 is 2.12 bits per heavy atom. The van der Waals surface area contributed by atoms with Crippen LogP contribution in [0.15, 0.2) is 18.2 Å². The van der Waals surface area contributed by atoms with E-state index < -0.39 is 11.0 Å². The lowest BCUT2D eigenvalue weighted by molar-refractivity contribution is -0.385. The van der Waals surface area contributed by atoms with E-state index in [0.29, 0.717) is 6.61 Å². The van der Waals surface area contributed by atoms with Crippen LogP contribution in [-0.4, -0.2) is 22.7 Å². The summed E-state index contributed by atoms with van der Waals surface area (Å²) in [6, 6.07) is 4.69. The monoisotopic (exact) mass is 239 g/mol. The molecule has 17 heavy (non-hydrogen) atoms. The molecule has 1 aromatic rings. The molecule has 5 heteroatoms. The van der Waals surface area contributed by atoms with Gasteiger partial charge in [-0.3, -0.25) is 10.1 Å². The molecule has 0 aliphatic carbocycles. The molecule has 0 aromatic heterocycles. The molecule has 0 radical (unpaired) electrons. The van der Waals surface area contributed by atoms with Gasteiger partial charge in [0.1, 0.15) is 0 Å². The SMILES string of the molecule is CCOc1cc(C(C)C(C)O)ccc1[N+](=O)[O-]. The highest BCUT2D eigenvalue weighted by Crippen LogP contribution is 2.31. The maximum absolute atomic E-state index is 10.8. The van der Waals surface area contributed by atoms with E-state index in [1.807, 2.05) is 6.92 Å². The van der Waals surface area contributed by atoms with Gasteiger partial charge in [0.05, 0.1) is 17.6 Å². The van der Waals surface area contributed by atoms with E-state index in [9.17, 15) is 15.2 Å². The zero-order valence-electron chi connectivity index (χ0n) is 10.2. The minimum absolute atomic E-state index is 0.0478. The number of aliphatic hydroxyl groups is 1. The average Bonchev–Trinajstić information content (AvgIpc) is 2.27. The van der Waals surface area contributed by atoms with Crippen LogP contribution in [0.4, 0.5) is 5.69 Å². The minimum atomic E-state index is -0.508. The molecule has 0 fully saturated rings. The summed E-state index contributed by atoms with van der Waals surface area (Å²) < 4.78 is 5.25. The fourth-order valence-electron chi connectivity index (χ4n) is 1.51.